The highest BCUT2D eigenvalue weighted by Gasteiger charge is 2.00. The number of hydrogen-bond donors (Lipinski definition) is 2. The summed E-state index contributed by atoms with van der Waals surface area (Å²) in [4.78, 5) is 11.7. The number of hydrogen-bond acceptors (Lipinski definition) is 3. The van der Waals surface area contributed by atoms with E-state index in [9.17, 15) is 4.79 Å². The van der Waals surface area contributed by atoms with Crippen molar-refractivity contribution in [3.05, 3.63) is 58.6 Å². The van der Waals surface area contributed by atoms with E-state index >= 15 is 0 Å². The molecule has 2 aromatic rings. The first-order valence-corrected chi connectivity index (χ1v) is 8.49. The van der Waals surface area contributed by atoms with Gasteiger partial charge in [0.25, 0.3) is 0 Å². The van der Waals surface area contributed by atoms with Gasteiger partial charge in [-0.05, 0) is 48.4 Å². The van der Waals surface area contributed by atoms with Crippen molar-refractivity contribution < 1.29 is 14.3 Å². The van der Waals surface area contributed by atoms with E-state index in [1.807, 2.05) is 48.5 Å². The summed E-state index contributed by atoms with van der Waals surface area (Å²) < 4.78 is 11.7. The number of nitrogens with one attached hydrogen (secondary N) is 2. The molecule has 0 bridgehead atoms. The first kappa shape index (κ1) is 18.1. The lowest BCUT2D eigenvalue weighted by molar-refractivity contribution is 0.236. The molecule has 2 amide bonds. The first-order chi connectivity index (χ1) is 11.7. The summed E-state index contributed by atoms with van der Waals surface area (Å²) >= 11 is 3.40. The normalized spacial score (nSPS) is 10.1. The average Bonchev–Trinajstić information content (AvgIpc) is 2.61. The standard InChI is InChI=1S/C18H21BrN2O3/c1-23-16-6-8-17(9-7-16)24-13-12-21-18(22)20-11-10-14-2-4-15(19)5-3-14/h2-9H,10-13H2,1H3,(H2,20,21,22). The number of ether oxygens (including phenoxy) is 2. The number of amides is 2. The third-order valence-corrected chi connectivity index (χ3v) is 3.86. The Bertz CT molecular complexity index is 630. The van der Waals surface area contributed by atoms with Crippen LogP contribution in [0.2, 0.25) is 0 Å². The Balaban J connectivity index is 1.56. The maximum absolute atomic E-state index is 11.7. The molecule has 0 spiro atoms. The Labute approximate surface area is 150 Å². The Kier molecular flexibility index (Phi) is 7.42. The summed E-state index contributed by atoms with van der Waals surface area (Å²) in [5, 5.41) is 5.59. The summed E-state index contributed by atoms with van der Waals surface area (Å²) in [6.45, 7) is 1.44. The first-order valence-electron chi connectivity index (χ1n) is 7.70. The van der Waals surface area contributed by atoms with Gasteiger partial charge in [-0.2, -0.15) is 0 Å². The maximum atomic E-state index is 11.7. The van der Waals surface area contributed by atoms with E-state index in [-0.39, 0.29) is 6.03 Å². The second kappa shape index (κ2) is 9.82. The molecule has 2 rings (SSSR count). The molecule has 0 unspecified atom stereocenters. The van der Waals surface area contributed by atoms with Crippen LogP contribution in [-0.4, -0.2) is 32.8 Å². The summed E-state index contributed by atoms with van der Waals surface area (Å²) in [6, 6.07) is 15.2. The molecule has 0 saturated carbocycles. The largest absolute Gasteiger partial charge is 0.497 e. The smallest absolute Gasteiger partial charge is 0.314 e. The molecule has 5 nitrogen and oxygen atoms in total. The number of benzene rings is 2. The van der Waals surface area contributed by atoms with Crippen molar-refractivity contribution in [2.24, 2.45) is 0 Å². The minimum Gasteiger partial charge on any atom is -0.497 e. The van der Waals surface area contributed by atoms with E-state index in [4.69, 9.17) is 9.47 Å². The van der Waals surface area contributed by atoms with Crippen molar-refractivity contribution in [1.82, 2.24) is 10.6 Å². The van der Waals surface area contributed by atoms with Crippen molar-refractivity contribution in [2.45, 2.75) is 6.42 Å². The van der Waals surface area contributed by atoms with Gasteiger partial charge in [0.1, 0.15) is 18.1 Å². The Hall–Kier alpha value is -2.21. The molecule has 2 aromatic carbocycles. The Morgan fingerprint density at radius 1 is 0.958 bits per heavy atom. The molecule has 6 heteroatoms. The minimum absolute atomic E-state index is 0.189. The molecule has 0 fully saturated rings. The highest BCUT2D eigenvalue weighted by atomic mass is 79.9. The minimum atomic E-state index is -0.189. The monoisotopic (exact) mass is 392 g/mol. The number of carbonyl (C=O) groups is 1. The van der Waals surface area contributed by atoms with Gasteiger partial charge < -0.3 is 20.1 Å². The van der Waals surface area contributed by atoms with Gasteiger partial charge in [0, 0.05) is 11.0 Å². The second-order valence-electron chi connectivity index (χ2n) is 5.08. The van der Waals surface area contributed by atoms with Crippen LogP contribution in [-0.2, 0) is 6.42 Å². The fraction of sp³-hybridized carbons (Fsp3) is 0.278. The molecule has 0 aromatic heterocycles. The van der Waals surface area contributed by atoms with Crippen molar-refractivity contribution in [3.63, 3.8) is 0 Å². The topological polar surface area (TPSA) is 59.6 Å². The predicted octanol–water partition coefficient (Wildman–Crippen LogP) is 3.38. The van der Waals surface area contributed by atoms with Crippen LogP contribution in [0.1, 0.15) is 5.56 Å². The molecule has 0 aliphatic carbocycles. The van der Waals surface area contributed by atoms with Gasteiger partial charge in [0.2, 0.25) is 0 Å². The van der Waals surface area contributed by atoms with Gasteiger partial charge >= 0.3 is 6.03 Å². The fourth-order valence-electron chi connectivity index (χ4n) is 2.04. The maximum Gasteiger partial charge on any atom is 0.314 e. The number of urea groups is 1. The molecule has 24 heavy (non-hydrogen) atoms. The fourth-order valence-corrected chi connectivity index (χ4v) is 2.30. The quantitative estimate of drug-likeness (QED) is 0.676. The molecular weight excluding hydrogens is 372 g/mol. The number of halogens is 1. The highest BCUT2D eigenvalue weighted by molar-refractivity contribution is 9.10. The zero-order valence-corrected chi connectivity index (χ0v) is 15.1. The highest BCUT2D eigenvalue weighted by Crippen LogP contribution is 2.16. The van der Waals surface area contributed by atoms with Crippen molar-refractivity contribution in [3.8, 4) is 11.5 Å². The lowest BCUT2D eigenvalue weighted by Gasteiger charge is -2.09. The van der Waals surface area contributed by atoms with Gasteiger partial charge in [-0.15, -0.1) is 0 Å². The lowest BCUT2D eigenvalue weighted by atomic mass is 10.1. The van der Waals surface area contributed by atoms with E-state index in [1.54, 1.807) is 7.11 Å². The molecule has 128 valence electrons. The van der Waals surface area contributed by atoms with Gasteiger partial charge in [0.15, 0.2) is 0 Å². The van der Waals surface area contributed by atoms with Crippen molar-refractivity contribution in [1.29, 1.82) is 0 Å². The van der Waals surface area contributed by atoms with Gasteiger partial charge in [-0.3, -0.25) is 0 Å². The van der Waals surface area contributed by atoms with Crippen LogP contribution in [0.25, 0.3) is 0 Å². The van der Waals surface area contributed by atoms with E-state index in [1.165, 1.54) is 5.56 Å². The Morgan fingerprint density at radius 2 is 1.58 bits per heavy atom. The zero-order chi connectivity index (χ0) is 17.2. The molecule has 2 N–H and O–H groups in total. The van der Waals surface area contributed by atoms with E-state index in [0.29, 0.717) is 19.7 Å². The van der Waals surface area contributed by atoms with Crippen LogP contribution >= 0.6 is 15.9 Å². The van der Waals surface area contributed by atoms with Gasteiger partial charge in [0.05, 0.1) is 13.7 Å². The summed E-state index contributed by atoms with van der Waals surface area (Å²) in [5.74, 6) is 1.53. The number of rotatable bonds is 8. The SMILES string of the molecule is COc1ccc(OCCNC(=O)NCCc2ccc(Br)cc2)cc1. The van der Waals surface area contributed by atoms with Crippen LogP contribution in [0, 0.1) is 0 Å². The average molecular weight is 393 g/mol. The lowest BCUT2D eigenvalue weighted by Crippen LogP contribution is -2.38. The molecule has 0 heterocycles. The summed E-state index contributed by atoms with van der Waals surface area (Å²) in [6.07, 6.45) is 0.795. The Morgan fingerprint density at radius 3 is 2.25 bits per heavy atom. The van der Waals surface area contributed by atoms with Crippen molar-refractivity contribution >= 4 is 22.0 Å². The number of methoxy groups -OCH3 is 1. The van der Waals surface area contributed by atoms with E-state index in [2.05, 4.69) is 26.6 Å². The predicted molar refractivity (Wildman–Crippen MR) is 97.7 cm³/mol. The molecule has 0 radical (unpaired) electrons. The summed E-state index contributed by atoms with van der Waals surface area (Å²) in [5.41, 5.74) is 1.18. The third kappa shape index (κ3) is 6.50. The molecule has 0 aliphatic heterocycles. The molecular formula is C18H21BrN2O3. The molecule has 0 saturated heterocycles. The third-order valence-electron chi connectivity index (χ3n) is 3.33. The molecule has 0 aliphatic rings. The number of carbonyl (C=O) groups excluding carboxylic acids is 1. The van der Waals surface area contributed by atoms with Crippen molar-refractivity contribution in [2.75, 3.05) is 26.8 Å². The molecule has 0 atom stereocenters. The van der Waals surface area contributed by atoms with Crippen LogP contribution in [0.5, 0.6) is 11.5 Å². The van der Waals surface area contributed by atoms with Gasteiger partial charge in [-0.25, -0.2) is 4.79 Å². The van der Waals surface area contributed by atoms with Crippen LogP contribution in [0.15, 0.2) is 53.0 Å². The van der Waals surface area contributed by atoms with E-state index < -0.39 is 0 Å². The second-order valence-corrected chi connectivity index (χ2v) is 6.00. The van der Waals surface area contributed by atoms with Crippen LogP contribution in [0.3, 0.4) is 0 Å². The zero-order valence-electron chi connectivity index (χ0n) is 13.5. The van der Waals surface area contributed by atoms with E-state index in [0.717, 1.165) is 22.4 Å². The summed E-state index contributed by atoms with van der Waals surface area (Å²) in [7, 11) is 1.62. The van der Waals surface area contributed by atoms with Gasteiger partial charge in [-0.1, -0.05) is 28.1 Å². The van der Waals surface area contributed by atoms with Crippen LogP contribution < -0.4 is 20.1 Å². The van der Waals surface area contributed by atoms with Crippen LogP contribution in [0.4, 0.5) is 4.79 Å².